The lowest BCUT2D eigenvalue weighted by atomic mass is 10.2. The molecule has 19 heavy (non-hydrogen) atoms. The van der Waals surface area contributed by atoms with Crippen molar-refractivity contribution in [2.45, 2.75) is 6.92 Å². The summed E-state index contributed by atoms with van der Waals surface area (Å²) in [5.41, 5.74) is 8.01. The number of aromatic nitrogens is 2. The zero-order valence-corrected chi connectivity index (χ0v) is 11.7. The zero-order valence-electron chi connectivity index (χ0n) is 10.9. The van der Waals surface area contributed by atoms with Crippen LogP contribution in [-0.4, -0.2) is 36.4 Å². The molecule has 100 valence electrons. The van der Waals surface area contributed by atoms with Crippen LogP contribution in [0.15, 0.2) is 24.3 Å². The van der Waals surface area contributed by atoms with Gasteiger partial charge in [-0.1, -0.05) is 23.5 Å². The first-order valence-electron chi connectivity index (χ1n) is 6.38. The number of benzene rings is 1. The van der Waals surface area contributed by atoms with Gasteiger partial charge in [0.15, 0.2) is 0 Å². The van der Waals surface area contributed by atoms with Crippen LogP contribution in [0.1, 0.15) is 5.01 Å². The van der Waals surface area contributed by atoms with Gasteiger partial charge in [0.2, 0.25) is 5.13 Å². The van der Waals surface area contributed by atoms with Crippen LogP contribution in [-0.2, 0) is 0 Å². The normalized spacial score (nSPS) is 15.8. The minimum Gasteiger partial charge on any atom is -0.397 e. The number of nitrogen functional groups attached to an aromatic ring is 1. The molecule has 0 radical (unpaired) electrons. The molecular weight excluding hydrogens is 258 g/mol. The molecule has 0 atom stereocenters. The lowest BCUT2D eigenvalue weighted by Crippen LogP contribution is -2.46. The summed E-state index contributed by atoms with van der Waals surface area (Å²) in [4.78, 5) is 4.63. The van der Waals surface area contributed by atoms with Crippen molar-refractivity contribution in [3.8, 4) is 0 Å². The second kappa shape index (κ2) is 5.05. The molecule has 3 rings (SSSR count). The molecule has 0 amide bonds. The Hall–Kier alpha value is -1.82. The van der Waals surface area contributed by atoms with Gasteiger partial charge >= 0.3 is 0 Å². The Morgan fingerprint density at radius 2 is 1.74 bits per heavy atom. The number of nitrogens with two attached hydrogens (primary N) is 1. The van der Waals surface area contributed by atoms with E-state index in [1.54, 1.807) is 11.3 Å². The quantitative estimate of drug-likeness (QED) is 0.846. The summed E-state index contributed by atoms with van der Waals surface area (Å²) in [6.07, 6.45) is 0. The largest absolute Gasteiger partial charge is 0.397 e. The van der Waals surface area contributed by atoms with E-state index >= 15 is 0 Å². The highest BCUT2D eigenvalue weighted by atomic mass is 32.1. The molecule has 5 nitrogen and oxygen atoms in total. The summed E-state index contributed by atoms with van der Waals surface area (Å²) in [5.74, 6) is 0. The van der Waals surface area contributed by atoms with Crippen molar-refractivity contribution in [3.05, 3.63) is 29.3 Å². The molecule has 2 aromatic rings. The molecular formula is C13H17N5S. The number of hydrogen-bond donors (Lipinski definition) is 1. The van der Waals surface area contributed by atoms with Crippen LogP contribution in [0.5, 0.6) is 0 Å². The van der Waals surface area contributed by atoms with E-state index in [0.29, 0.717) is 0 Å². The maximum absolute atomic E-state index is 6.02. The fourth-order valence-electron chi connectivity index (χ4n) is 2.33. The summed E-state index contributed by atoms with van der Waals surface area (Å²) < 4.78 is 0. The zero-order chi connectivity index (χ0) is 13.2. The Morgan fingerprint density at radius 3 is 2.37 bits per heavy atom. The third-order valence-electron chi connectivity index (χ3n) is 3.34. The second-order valence-electron chi connectivity index (χ2n) is 4.64. The maximum atomic E-state index is 6.02. The summed E-state index contributed by atoms with van der Waals surface area (Å²) in [6, 6.07) is 8.04. The molecule has 0 aliphatic carbocycles. The molecule has 1 saturated heterocycles. The third kappa shape index (κ3) is 2.49. The first-order valence-corrected chi connectivity index (χ1v) is 7.20. The lowest BCUT2D eigenvalue weighted by molar-refractivity contribution is 0.650. The number of rotatable bonds is 2. The van der Waals surface area contributed by atoms with Gasteiger partial charge in [0.05, 0.1) is 11.4 Å². The van der Waals surface area contributed by atoms with Crippen molar-refractivity contribution in [2.24, 2.45) is 0 Å². The van der Waals surface area contributed by atoms with Gasteiger partial charge in [0.1, 0.15) is 5.01 Å². The highest BCUT2D eigenvalue weighted by molar-refractivity contribution is 7.15. The lowest BCUT2D eigenvalue weighted by Gasteiger charge is -2.36. The molecule has 0 spiro atoms. The third-order valence-corrected chi connectivity index (χ3v) is 4.24. The van der Waals surface area contributed by atoms with Crippen molar-refractivity contribution in [2.75, 3.05) is 41.7 Å². The molecule has 1 aromatic heterocycles. The number of nitrogens with zero attached hydrogens (tertiary/aromatic N) is 4. The molecule has 0 bridgehead atoms. The van der Waals surface area contributed by atoms with Gasteiger partial charge in [0, 0.05) is 26.2 Å². The van der Waals surface area contributed by atoms with Gasteiger partial charge in [-0.3, -0.25) is 0 Å². The average molecular weight is 275 g/mol. The van der Waals surface area contributed by atoms with E-state index in [1.807, 2.05) is 25.1 Å². The fourth-order valence-corrected chi connectivity index (χ4v) is 3.07. The van der Waals surface area contributed by atoms with Crippen molar-refractivity contribution in [3.63, 3.8) is 0 Å². The van der Waals surface area contributed by atoms with Crippen LogP contribution in [0, 0.1) is 6.92 Å². The summed E-state index contributed by atoms with van der Waals surface area (Å²) in [5, 5.41) is 10.3. The van der Waals surface area contributed by atoms with E-state index in [-0.39, 0.29) is 0 Å². The van der Waals surface area contributed by atoms with Crippen molar-refractivity contribution >= 4 is 27.8 Å². The Kier molecular flexibility index (Phi) is 3.25. The molecule has 2 N–H and O–H groups in total. The van der Waals surface area contributed by atoms with E-state index in [1.165, 1.54) is 0 Å². The van der Waals surface area contributed by atoms with E-state index in [0.717, 1.165) is 47.7 Å². The van der Waals surface area contributed by atoms with Gasteiger partial charge in [-0.15, -0.1) is 10.2 Å². The standard InChI is InChI=1S/C13H17N5S/c1-10-15-16-13(19-10)18-8-6-17(7-9-18)12-5-3-2-4-11(12)14/h2-5H,6-9,14H2,1H3. The van der Waals surface area contributed by atoms with Gasteiger partial charge in [-0.2, -0.15) is 0 Å². The van der Waals surface area contributed by atoms with E-state index < -0.39 is 0 Å². The van der Waals surface area contributed by atoms with E-state index in [9.17, 15) is 0 Å². The number of para-hydroxylation sites is 2. The van der Waals surface area contributed by atoms with Crippen molar-refractivity contribution < 1.29 is 0 Å². The topological polar surface area (TPSA) is 58.3 Å². The monoisotopic (exact) mass is 275 g/mol. The molecule has 0 unspecified atom stereocenters. The molecule has 1 aliphatic heterocycles. The fraction of sp³-hybridized carbons (Fsp3) is 0.385. The van der Waals surface area contributed by atoms with Crippen LogP contribution >= 0.6 is 11.3 Å². The summed E-state index contributed by atoms with van der Waals surface area (Å²) in [6.45, 7) is 5.84. The molecule has 0 saturated carbocycles. The molecule has 6 heteroatoms. The van der Waals surface area contributed by atoms with Crippen molar-refractivity contribution in [1.82, 2.24) is 10.2 Å². The Balaban J connectivity index is 1.68. The summed E-state index contributed by atoms with van der Waals surface area (Å²) >= 11 is 1.65. The van der Waals surface area contributed by atoms with Crippen LogP contribution in [0.4, 0.5) is 16.5 Å². The number of hydrogen-bond acceptors (Lipinski definition) is 6. The first kappa shape index (κ1) is 12.2. The molecule has 1 fully saturated rings. The van der Waals surface area contributed by atoms with Gasteiger partial charge in [-0.25, -0.2) is 0 Å². The highest BCUT2D eigenvalue weighted by Gasteiger charge is 2.20. The number of anilines is 3. The number of aryl methyl sites for hydroxylation is 1. The molecule has 2 heterocycles. The molecule has 1 aromatic carbocycles. The van der Waals surface area contributed by atoms with E-state index in [4.69, 9.17) is 5.73 Å². The Bertz CT molecular complexity index is 560. The predicted octanol–water partition coefficient (Wildman–Crippen LogP) is 1.76. The van der Waals surface area contributed by atoms with Gasteiger partial charge < -0.3 is 15.5 Å². The Labute approximate surface area is 116 Å². The highest BCUT2D eigenvalue weighted by Crippen LogP contribution is 2.26. The summed E-state index contributed by atoms with van der Waals surface area (Å²) in [7, 11) is 0. The van der Waals surface area contributed by atoms with E-state index in [2.05, 4.69) is 26.1 Å². The Morgan fingerprint density at radius 1 is 1.05 bits per heavy atom. The second-order valence-corrected chi connectivity index (χ2v) is 5.80. The van der Waals surface area contributed by atoms with Gasteiger partial charge in [0.25, 0.3) is 0 Å². The van der Waals surface area contributed by atoms with Crippen LogP contribution < -0.4 is 15.5 Å². The predicted molar refractivity (Wildman–Crippen MR) is 79.9 cm³/mol. The SMILES string of the molecule is Cc1nnc(N2CCN(c3ccccc3N)CC2)s1. The van der Waals surface area contributed by atoms with Crippen molar-refractivity contribution in [1.29, 1.82) is 0 Å². The number of piperazine rings is 1. The maximum Gasteiger partial charge on any atom is 0.208 e. The first-order chi connectivity index (χ1) is 9.24. The average Bonchev–Trinajstić information content (AvgIpc) is 2.86. The smallest absolute Gasteiger partial charge is 0.208 e. The van der Waals surface area contributed by atoms with Gasteiger partial charge in [-0.05, 0) is 19.1 Å². The van der Waals surface area contributed by atoms with Crippen LogP contribution in [0.2, 0.25) is 0 Å². The molecule has 1 aliphatic rings. The minimum atomic E-state index is 0.850. The van der Waals surface area contributed by atoms with Crippen LogP contribution in [0.3, 0.4) is 0 Å². The minimum absolute atomic E-state index is 0.850. The van der Waals surface area contributed by atoms with Crippen LogP contribution in [0.25, 0.3) is 0 Å².